The molecule has 0 aromatic carbocycles. The quantitative estimate of drug-likeness (QED) is 0.394. The van der Waals surface area contributed by atoms with E-state index in [4.69, 9.17) is 14.6 Å². The Balaban J connectivity index is 1.65. The zero-order valence-corrected chi connectivity index (χ0v) is 15.1. The molecule has 0 aliphatic carbocycles. The number of hydrogen-bond acceptors (Lipinski definition) is 3. The monoisotopic (exact) mass is 338 g/mol. The van der Waals surface area contributed by atoms with Crippen LogP contribution in [0.1, 0.15) is 71.1 Å². The highest BCUT2D eigenvalue weighted by atomic mass is 16.5. The number of hydrogen-bond donors (Lipinski definition) is 1. The zero-order chi connectivity index (χ0) is 17.2. The minimum absolute atomic E-state index is 0.260. The van der Waals surface area contributed by atoms with Crippen molar-refractivity contribution in [2.45, 2.75) is 83.3 Å². The summed E-state index contributed by atoms with van der Waals surface area (Å²) in [6, 6.07) is 0. The summed E-state index contributed by atoms with van der Waals surface area (Å²) in [5.74, 6) is 0.412. The molecule has 4 heteroatoms. The van der Waals surface area contributed by atoms with Crippen LogP contribution in [0.2, 0.25) is 0 Å². The van der Waals surface area contributed by atoms with Gasteiger partial charge in [0.1, 0.15) is 0 Å². The van der Waals surface area contributed by atoms with Gasteiger partial charge in [0.15, 0.2) is 0 Å². The van der Waals surface area contributed by atoms with Crippen molar-refractivity contribution in [2.75, 3.05) is 13.2 Å². The highest BCUT2D eigenvalue weighted by Gasteiger charge is 2.48. The van der Waals surface area contributed by atoms with Gasteiger partial charge in [0.2, 0.25) is 0 Å². The third-order valence-electron chi connectivity index (χ3n) is 5.38. The van der Waals surface area contributed by atoms with Gasteiger partial charge in [-0.25, -0.2) is 0 Å². The maximum atomic E-state index is 10.5. The van der Waals surface area contributed by atoms with Crippen molar-refractivity contribution in [1.29, 1.82) is 0 Å². The number of rotatable bonds is 13. The lowest BCUT2D eigenvalue weighted by molar-refractivity contribution is -0.137. The lowest BCUT2D eigenvalue weighted by Crippen LogP contribution is -2.30. The molecule has 2 saturated heterocycles. The largest absolute Gasteiger partial charge is 0.481 e. The Hall–Kier alpha value is -0.870. The summed E-state index contributed by atoms with van der Waals surface area (Å²) in [5.41, 5.74) is 0. The second-order valence-corrected chi connectivity index (χ2v) is 7.25. The molecular formula is C20H34O4. The molecule has 0 unspecified atom stereocenters. The Bertz CT molecular complexity index is 393. The molecule has 0 aromatic heterocycles. The standard InChI is InChI=1S/C20H34O4/c1-2-3-4-9-14-23-15-17-16(18-12-13-19(17)24-18)10-7-5-6-8-11-20(21)22/h5,7,16-19H,2-4,6,8-15H2,1H3,(H,21,22)/t16-,17+,18-,19+/m1/s1. The molecule has 0 radical (unpaired) electrons. The van der Waals surface area contributed by atoms with Gasteiger partial charge < -0.3 is 14.6 Å². The molecule has 2 heterocycles. The summed E-state index contributed by atoms with van der Waals surface area (Å²) in [7, 11) is 0. The van der Waals surface area contributed by atoms with Crippen LogP contribution in [0, 0.1) is 11.8 Å². The molecule has 0 aromatic rings. The van der Waals surface area contributed by atoms with Crippen LogP contribution in [0.25, 0.3) is 0 Å². The predicted molar refractivity (Wildman–Crippen MR) is 95.1 cm³/mol. The zero-order valence-electron chi connectivity index (χ0n) is 15.1. The highest BCUT2D eigenvalue weighted by molar-refractivity contribution is 5.66. The Morgan fingerprint density at radius 2 is 1.92 bits per heavy atom. The first kappa shape index (κ1) is 19.5. The van der Waals surface area contributed by atoms with Crippen molar-refractivity contribution < 1.29 is 19.4 Å². The van der Waals surface area contributed by atoms with Crippen molar-refractivity contribution in [3.05, 3.63) is 12.2 Å². The molecule has 4 nitrogen and oxygen atoms in total. The van der Waals surface area contributed by atoms with E-state index in [0.717, 1.165) is 32.5 Å². The van der Waals surface area contributed by atoms with Crippen LogP contribution < -0.4 is 0 Å². The van der Waals surface area contributed by atoms with E-state index in [2.05, 4.69) is 19.1 Å². The first-order valence-corrected chi connectivity index (χ1v) is 9.82. The maximum Gasteiger partial charge on any atom is 0.303 e. The molecule has 1 N–H and O–H groups in total. The minimum atomic E-state index is -0.707. The fourth-order valence-electron chi connectivity index (χ4n) is 4.02. The van der Waals surface area contributed by atoms with Crippen molar-refractivity contribution in [3.63, 3.8) is 0 Å². The number of carboxylic acids is 1. The molecule has 2 bridgehead atoms. The van der Waals surface area contributed by atoms with Crippen LogP contribution in [-0.2, 0) is 14.3 Å². The van der Waals surface area contributed by atoms with Crippen LogP contribution >= 0.6 is 0 Å². The molecule has 2 rings (SSSR count). The number of fused-ring (bicyclic) bond motifs is 2. The van der Waals surface area contributed by atoms with Gasteiger partial charge >= 0.3 is 5.97 Å². The average molecular weight is 338 g/mol. The number of allylic oxidation sites excluding steroid dienone is 2. The van der Waals surface area contributed by atoms with Gasteiger partial charge in [-0.3, -0.25) is 4.79 Å². The van der Waals surface area contributed by atoms with E-state index in [0.29, 0.717) is 24.0 Å². The number of unbranched alkanes of at least 4 members (excludes halogenated alkanes) is 4. The van der Waals surface area contributed by atoms with Crippen molar-refractivity contribution in [3.8, 4) is 0 Å². The van der Waals surface area contributed by atoms with Gasteiger partial charge in [0.05, 0.1) is 18.8 Å². The molecule has 24 heavy (non-hydrogen) atoms. The Labute approximate surface area is 146 Å². The summed E-state index contributed by atoms with van der Waals surface area (Å²) >= 11 is 0. The normalized spacial score (nSPS) is 28.9. The molecule has 0 saturated carbocycles. The Kier molecular flexibility index (Phi) is 8.82. The van der Waals surface area contributed by atoms with Crippen LogP contribution in [0.3, 0.4) is 0 Å². The summed E-state index contributed by atoms with van der Waals surface area (Å²) < 4.78 is 12.1. The number of ether oxygens (including phenoxy) is 2. The fourth-order valence-corrected chi connectivity index (χ4v) is 4.02. The van der Waals surface area contributed by atoms with Gasteiger partial charge in [0.25, 0.3) is 0 Å². The van der Waals surface area contributed by atoms with Crippen LogP contribution in [0.5, 0.6) is 0 Å². The van der Waals surface area contributed by atoms with E-state index in [1.54, 1.807) is 0 Å². The van der Waals surface area contributed by atoms with Crippen LogP contribution in [0.15, 0.2) is 12.2 Å². The molecule has 0 amide bonds. The molecular weight excluding hydrogens is 304 g/mol. The maximum absolute atomic E-state index is 10.5. The summed E-state index contributed by atoms with van der Waals surface area (Å²) in [6.45, 7) is 3.95. The number of carbonyl (C=O) groups is 1. The van der Waals surface area contributed by atoms with E-state index in [1.165, 1.54) is 38.5 Å². The van der Waals surface area contributed by atoms with E-state index in [9.17, 15) is 4.79 Å². The second-order valence-electron chi connectivity index (χ2n) is 7.25. The van der Waals surface area contributed by atoms with E-state index in [-0.39, 0.29) is 6.42 Å². The van der Waals surface area contributed by atoms with Gasteiger partial charge in [-0.15, -0.1) is 0 Å². The SMILES string of the molecule is CCCCCCOC[C@H]1[C@@H](CC=CCCCC(=O)O)[C@H]2CC[C@@H]1O2. The Morgan fingerprint density at radius 3 is 2.67 bits per heavy atom. The summed E-state index contributed by atoms with van der Waals surface area (Å²) in [4.78, 5) is 10.5. The smallest absolute Gasteiger partial charge is 0.303 e. The average Bonchev–Trinajstić information content (AvgIpc) is 3.15. The van der Waals surface area contributed by atoms with E-state index >= 15 is 0 Å². The molecule has 2 fully saturated rings. The molecule has 4 atom stereocenters. The topological polar surface area (TPSA) is 55.8 Å². The first-order valence-electron chi connectivity index (χ1n) is 9.82. The second kappa shape index (κ2) is 10.9. The van der Waals surface area contributed by atoms with E-state index in [1.807, 2.05) is 0 Å². The Morgan fingerprint density at radius 1 is 1.12 bits per heavy atom. The van der Waals surface area contributed by atoms with Gasteiger partial charge in [-0.1, -0.05) is 38.3 Å². The summed E-state index contributed by atoms with van der Waals surface area (Å²) in [6.07, 6.45) is 15.4. The number of carboxylic acid groups (broad SMARTS) is 1. The minimum Gasteiger partial charge on any atom is -0.481 e. The predicted octanol–water partition coefficient (Wildman–Crippen LogP) is 4.58. The molecule has 138 valence electrons. The fraction of sp³-hybridized carbons (Fsp3) is 0.850. The van der Waals surface area contributed by atoms with Crippen molar-refractivity contribution >= 4 is 5.97 Å². The molecule has 0 spiro atoms. The van der Waals surface area contributed by atoms with Gasteiger partial charge in [-0.05, 0) is 44.4 Å². The van der Waals surface area contributed by atoms with Crippen LogP contribution in [0.4, 0.5) is 0 Å². The number of aliphatic carboxylic acids is 1. The van der Waals surface area contributed by atoms with Crippen molar-refractivity contribution in [2.24, 2.45) is 11.8 Å². The third kappa shape index (κ3) is 6.21. The molecule has 2 aliphatic rings. The van der Waals surface area contributed by atoms with Crippen molar-refractivity contribution in [1.82, 2.24) is 0 Å². The highest BCUT2D eigenvalue weighted by Crippen LogP contribution is 2.45. The lowest BCUT2D eigenvalue weighted by Gasteiger charge is -2.27. The van der Waals surface area contributed by atoms with E-state index < -0.39 is 5.97 Å². The lowest BCUT2D eigenvalue weighted by atomic mass is 9.78. The summed E-state index contributed by atoms with van der Waals surface area (Å²) in [5, 5.41) is 8.64. The van der Waals surface area contributed by atoms with Gasteiger partial charge in [-0.2, -0.15) is 0 Å². The van der Waals surface area contributed by atoms with Crippen LogP contribution in [-0.4, -0.2) is 36.5 Å². The third-order valence-corrected chi connectivity index (χ3v) is 5.38. The first-order chi connectivity index (χ1) is 11.7. The molecule has 2 aliphatic heterocycles. The van der Waals surface area contributed by atoms with Gasteiger partial charge in [0, 0.05) is 18.9 Å².